The number of hydrogen-bond acceptors (Lipinski definition) is 4. The first-order valence-electron chi connectivity index (χ1n) is 10.9. The molecular formula is C30H22O4. The Bertz CT molecular complexity index is 1630. The molecule has 5 aromatic rings. The number of aromatic hydroxyl groups is 1. The highest BCUT2D eigenvalue weighted by atomic mass is 16.5. The summed E-state index contributed by atoms with van der Waals surface area (Å²) in [6.07, 6.45) is 3.84. The number of benzene rings is 4. The first-order chi connectivity index (χ1) is 16.6. The van der Waals surface area contributed by atoms with Crippen molar-refractivity contribution in [1.29, 1.82) is 0 Å². The summed E-state index contributed by atoms with van der Waals surface area (Å²) in [6.45, 7) is 0. The summed E-state index contributed by atoms with van der Waals surface area (Å²) in [6, 6.07) is 30.0. The second-order valence-electron chi connectivity index (χ2n) is 7.91. The average molecular weight is 447 g/mol. The number of rotatable bonds is 4. The monoisotopic (exact) mass is 446 g/mol. The van der Waals surface area contributed by atoms with E-state index < -0.39 is 0 Å². The zero-order chi connectivity index (χ0) is 23.5. The molecule has 0 aliphatic carbocycles. The van der Waals surface area contributed by atoms with E-state index >= 15 is 0 Å². The normalized spacial score (nSPS) is 12.3. The molecule has 4 nitrogen and oxygen atoms in total. The van der Waals surface area contributed by atoms with Crippen molar-refractivity contribution < 1.29 is 14.3 Å². The Hall–Kier alpha value is -4.57. The van der Waals surface area contributed by atoms with Crippen LogP contribution in [0.1, 0.15) is 11.1 Å². The number of hydrogen-bond donors (Lipinski definition) is 1. The lowest BCUT2D eigenvalue weighted by atomic mass is 10.0. The Balaban J connectivity index is 1.81. The second kappa shape index (κ2) is 9.12. The molecule has 0 aliphatic heterocycles. The van der Waals surface area contributed by atoms with Crippen LogP contribution in [0.4, 0.5) is 0 Å². The van der Waals surface area contributed by atoms with Crippen molar-refractivity contribution in [3.05, 3.63) is 129 Å². The minimum absolute atomic E-state index is 0.0986. The van der Waals surface area contributed by atoms with Crippen LogP contribution in [0.15, 0.2) is 106 Å². The molecule has 0 saturated carbocycles. The van der Waals surface area contributed by atoms with Gasteiger partial charge in [0.2, 0.25) is 0 Å². The third-order valence-corrected chi connectivity index (χ3v) is 5.67. The maximum absolute atomic E-state index is 13.1. The summed E-state index contributed by atoms with van der Waals surface area (Å²) in [5.74, 6) is 1.04. The molecule has 0 bridgehead atoms. The van der Waals surface area contributed by atoms with Crippen LogP contribution < -0.4 is 20.6 Å². The summed E-state index contributed by atoms with van der Waals surface area (Å²) in [5, 5.41) is 12.7. The smallest absolute Gasteiger partial charge is 0.197 e. The van der Waals surface area contributed by atoms with Crippen LogP contribution in [0.2, 0.25) is 0 Å². The lowest BCUT2D eigenvalue weighted by Crippen LogP contribution is -2.26. The number of phenolic OH excluding ortho intramolecular Hbond substituents is 1. The molecular weight excluding hydrogens is 424 g/mol. The SMILES string of the molecule is COc1ccc(-c2cc(=O)c3c(O)c(=Cc4ccccc4)c(=Cc4ccccc4)cc3o2)cc1. The van der Waals surface area contributed by atoms with Crippen molar-refractivity contribution in [2.75, 3.05) is 7.11 Å². The molecule has 5 rings (SSSR count). The molecule has 0 unspecified atom stereocenters. The van der Waals surface area contributed by atoms with E-state index in [4.69, 9.17) is 9.15 Å². The number of ether oxygens (including phenoxy) is 1. The number of methoxy groups -OCH3 is 1. The van der Waals surface area contributed by atoms with Crippen molar-refractivity contribution in [1.82, 2.24) is 0 Å². The first-order valence-corrected chi connectivity index (χ1v) is 10.9. The van der Waals surface area contributed by atoms with Gasteiger partial charge in [0, 0.05) is 16.8 Å². The van der Waals surface area contributed by atoms with E-state index in [0.29, 0.717) is 22.3 Å². The van der Waals surface area contributed by atoms with Gasteiger partial charge in [-0.3, -0.25) is 4.79 Å². The Morgan fingerprint density at radius 3 is 2.03 bits per heavy atom. The van der Waals surface area contributed by atoms with Gasteiger partial charge in [-0.1, -0.05) is 60.7 Å². The molecule has 0 aliphatic rings. The fraction of sp³-hybridized carbons (Fsp3) is 0.0333. The van der Waals surface area contributed by atoms with Crippen LogP contribution in [0.5, 0.6) is 11.5 Å². The zero-order valence-electron chi connectivity index (χ0n) is 18.6. The van der Waals surface area contributed by atoms with Gasteiger partial charge in [-0.15, -0.1) is 0 Å². The van der Waals surface area contributed by atoms with E-state index in [1.807, 2.05) is 103 Å². The second-order valence-corrected chi connectivity index (χ2v) is 7.91. The van der Waals surface area contributed by atoms with Crippen LogP contribution in [0.3, 0.4) is 0 Å². The lowest BCUT2D eigenvalue weighted by Gasteiger charge is -2.07. The van der Waals surface area contributed by atoms with Crippen molar-refractivity contribution in [3.8, 4) is 22.8 Å². The van der Waals surface area contributed by atoms with Crippen molar-refractivity contribution >= 4 is 23.1 Å². The van der Waals surface area contributed by atoms with Gasteiger partial charge in [-0.25, -0.2) is 0 Å². The molecule has 0 spiro atoms. The summed E-state index contributed by atoms with van der Waals surface area (Å²) in [4.78, 5) is 13.1. The standard InChI is InChI=1S/C30H22O4/c1-33-24-14-12-22(13-15-24)27-19-26(31)29-28(34-27)18-23(16-20-8-4-2-5-9-20)25(30(29)32)17-21-10-6-3-7-11-21/h2-19,32H,1H3. The highest BCUT2D eigenvalue weighted by Gasteiger charge is 2.13. The lowest BCUT2D eigenvalue weighted by molar-refractivity contribution is 0.415. The topological polar surface area (TPSA) is 59.7 Å². The molecule has 0 amide bonds. The van der Waals surface area contributed by atoms with Gasteiger partial charge < -0.3 is 14.3 Å². The van der Waals surface area contributed by atoms with Gasteiger partial charge in [0.05, 0.1) is 7.11 Å². The van der Waals surface area contributed by atoms with Gasteiger partial charge in [0.1, 0.15) is 28.2 Å². The molecule has 0 saturated heterocycles. The highest BCUT2D eigenvalue weighted by molar-refractivity contribution is 5.86. The summed E-state index contributed by atoms with van der Waals surface area (Å²) in [7, 11) is 1.60. The molecule has 4 aromatic carbocycles. The minimum atomic E-state index is -0.307. The first kappa shape index (κ1) is 21.3. The Morgan fingerprint density at radius 1 is 0.794 bits per heavy atom. The third-order valence-electron chi connectivity index (χ3n) is 5.67. The van der Waals surface area contributed by atoms with E-state index in [-0.39, 0.29) is 16.6 Å². The average Bonchev–Trinajstić information content (AvgIpc) is 2.87. The predicted octanol–water partition coefficient (Wildman–Crippen LogP) is 4.83. The summed E-state index contributed by atoms with van der Waals surface area (Å²) in [5.41, 5.74) is 2.64. The highest BCUT2D eigenvalue weighted by Crippen LogP contribution is 2.25. The fourth-order valence-electron chi connectivity index (χ4n) is 3.95. The van der Waals surface area contributed by atoms with Crippen LogP contribution in [0.25, 0.3) is 34.4 Å². The van der Waals surface area contributed by atoms with Gasteiger partial charge in [0.25, 0.3) is 0 Å². The van der Waals surface area contributed by atoms with Crippen LogP contribution in [0, 0.1) is 0 Å². The van der Waals surface area contributed by atoms with Crippen molar-refractivity contribution in [2.24, 2.45) is 0 Å². The molecule has 1 aromatic heterocycles. The molecule has 0 fully saturated rings. The Morgan fingerprint density at radius 2 is 1.41 bits per heavy atom. The van der Waals surface area contributed by atoms with E-state index in [2.05, 4.69) is 0 Å². The number of phenols is 1. The van der Waals surface area contributed by atoms with Gasteiger partial charge in [-0.05, 0) is 58.8 Å². The van der Waals surface area contributed by atoms with Crippen LogP contribution in [-0.4, -0.2) is 12.2 Å². The maximum Gasteiger partial charge on any atom is 0.197 e. The van der Waals surface area contributed by atoms with Crippen LogP contribution >= 0.6 is 0 Å². The van der Waals surface area contributed by atoms with E-state index in [9.17, 15) is 9.90 Å². The van der Waals surface area contributed by atoms with Gasteiger partial charge in [0.15, 0.2) is 5.43 Å². The van der Waals surface area contributed by atoms with E-state index in [1.165, 1.54) is 6.07 Å². The predicted molar refractivity (Wildman–Crippen MR) is 135 cm³/mol. The molecule has 34 heavy (non-hydrogen) atoms. The molecule has 0 atom stereocenters. The molecule has 4 heteroatoms. The summed E-state index contributed by atoms with van der Waals surface area (Å²) >= 11 is 0. The van der Waals surface area contributed by atoms with Crippen molar-refractivity contribution in [3.63, 3.8) is 0 Å². The molecule has 0 radical (unpaired) electrons. The van der Waals surface area contributed by atoms with Crippen molar-refractivity contribution in [2.45, 2.75) is 0 Å². The Kier molecular flexibility index (Phi) is 5.71. The molecule has 1 N–H and O–H groups in total. The van der Waals surface area contributed by atoms with E-state index in [1.54, 1.807) is 7.11 Å². The van der Waals surface area contributed by atoms with Gasteiger partial charge >= 0.3 is 0 Å². The number of fused-ring (bicyclic) bond motifs is 1. The molecule has 1 heterocycles. The molecule has 166 valence electrons. The fourth-order valence-corrected chi connectivity index (χ4v) is 3.95. The van der Waals surface area contributed by atoms with Gasteiger partial charge in [-0.2, -0.15) is 0 Å². The maximum atomic E-state index is 13.1. The van der Waals surface area contributed by atoms with Crippen LogP contribution in [-0.2, 0) is 0 Å². The zero-order valence-corrected chi connectivity index (χ0v) is 18.6. The van der Waals surface area contributed by atoms with E-state index in [0.717, 1.165) is 21.9 Å². The summed E-state index contributed by atoms with van der Waals surface area (Å²) < 4.78 is 11.3. The third kappa shape index (κ3) is 4.21. The minimum Gasteiger partial charge on any atom is -0.506 e. The Labute approximate surface area is 196 Å². The quantitative estimate of drug-likeness (QED) is 0.430. The largest absolute Gasteiger partial charge is 0.506 e.